The maximum Gasteiger partial charge on any atom is 0.258 e. The summed E-state index contributed by atoms with van der Waals surface area (Å²) in [5, 5.41) is 11.7. The smallest absolute Gasteiger partial charge is 0.258 e. The number of aliphatic hydroxyl groups is 1. The van der Waals surface area contributed by atoms with Gasteiger partial charge in [0, 0.05) is 12.6 Å². The zero-order valence-electron chi connectivity index (χ0n) is 11.0. The fourth-order valence-corrected chi connectivity index (χ4v) is 1.67. The van der Waals surface area contributed by atoms with Crippen LogP contribution in [0, 0.1) is 6.92 Å². The van der Waals surface area contributed by atoms with Crippen molar-refractivity contribution in [3.63, 3.8) is 0 Å². The summed E-state index contributed by atoms with van der Waals surface area (Å²) in [5.41, 5.74) is 1.01. The summed E-state index contributed by atoms with van der Waals surface area (Å²) in [5.74, 6) is 0.571. The van der Waals surface area contributed by atoms with Crippen molar-refractivity contribution in [1.29, 1.82) is 0 Å². The lowest BCUT2D eigenvalue weighted by atomic mass is 10.1. The molecule has 1 aromatic carbocycles. The topological polar surface area (TPSA) is 58.6 Å². The van der Waals surface area contributed by atoms with Crippen molar-refractivity contribution in [2.45, 2.75) is 32.7 Å². The lowest BCUT2D eigenvalue weighted by Gasteiger charge is -2.16. The molecule has 4 nitrogen and oxygen atoms in total. The fraction of sp³-hybridized carbons (Fsp3) is 0.500. The summed E-state index contributed by atoms with van der Waals surface area (Å²) in [6, 6.07) is 7.60. The minimum Gasteiger partial charge on any atom is -0.484 e. The molecule has 100 valence electrons. The Labute approximate surface area is 108 Å². The third-order valence-electron chi connectivity index (χ3n) is 2.79. The average molecular weight is 251 g/mol. The molecule has 0 spiro atoms. The monoisotopic (exact) mass is 251 g/mol. The van der Waals surface area contributed by atoms with Crippen LogP contribution in [0.15, 0.2) is 24.3 Å². The molecule has 1 unspecified atom stereocenters. The molecule has 0 aromatic heterocycles. The molecule has 1 rings (SSSR count). The Morgan fingerprint density at radius 1 is 1.44 bits per heavy atom. The van der Waals surface area contributed by atoms with E-state index in [1.165, 1.54) is 0 Å². The van der Waals surface area contributed by atoms with E-state index in [2.05, 4.69) is 5.32 Å². The third-order valence-corrected chi connectivity index (χ3v) is 2.79. The van der Waals surface area contributed by atoms with Crippen LogP contribution in [0.3, 0.4) is 0 Å². The number of aryl methyl sites for hydroxylation is 1. The first-order chi connectivity index (χ1) is 8.67. The van der Waals surface area contributed by atoms with E-state index in [1.807, 2.05) is 38.1 Å². The van der Waals surface area contributed by atoms with Gasteiger partial charge in [0.2, 0.25) is 0 Å². The number of aliphatic hydroxyl groups excluding tert-OH is 1. The van der Waals surface area contributed by atoms with Crippen LogP contribution in [0.4, 0.5) is 0 Å². The highest BCUT2D eigenvalue weighted by Crippen LogP contribution is 2.15. The number of nitrogens with one attached hydrogen (secondary N) is 1. The molecule has 0 aliphatic carbocycles. The lowest BCUT2D eigenvalue weighted by molar-refractivity contribution is -0.123. The van der Waals surface area contributed by atoms with Gasteiger partial charge in [-0.3, -0.25) is 4.79 Å². The summed E-state index contributed by atoms with van der Waals surface area (Å²) >= 11 is 0. The number of carbonyl (C=O) groups is 1. The van der Waals surface area contributed by atoms with Gasteiger partial charge in [-0.2, -0.15) is 0 Å². The molecule has 0 saturated heterocycles. The zero-order valence-corrected chi connectivity index (χ0v) is 11.0. The second-order valence-electron chi connectivity index (χ2n) is 4.24. The van der Waals surface area contributed by atoms with Crippen LogP contribution < -0.4 is 10.1 Å². The van der Waals surface area contributed by atoms with Crippen LogP contribution in [0.1, 0.15) is 25.3 Å². The van der Waals surface area contributed by atoms with Gasteiger partial charge >= 0.3 is 0 Å². The summed E-state index contributed by atoms with van der Waals surface area (Å²) in [6.07, 6.45) is 1.38. The lowest BCUT2D eigenvalue weighted by Crippen LogP contribution is -2.38. The first-order valence-electron chi connectivity index (χ1n) is 6.26. The first-order valence-corrected chi connectivity index (χ1v) is 6.26. The number of amides is 1. The molecule has 0 fully saturated rings. The summed E-state index contributed by atoms with van der Waals surface area (Å²) in [7, 11) is 0. The molecule has 2 N–H and O–H groups in total. The van der Waals surface area contributed by atoms with Crippen molar-refractivity contribution in [3.8, 4) is 5.75 Å². The SMILES string of the molecule is CCC(CCO)NC(=O)COc1ccccc1C. The molecular formula is C14H21NO3. The van der Waals surface area contributed by atoms with Gasteiger partial charge in [-0.25, -0.2) is 0 Å². The molecular weight excluding hydrogens is 230 g/mol. The average Bonchev–Trinajstić information content (AvgIpc) is 2.37. The van der Waals surface area contributed by atoms with Crippen molar-refractivity contribution in [2.75, 3.05) is 13.2 Å². The summed E-state index contributed by atoms with van der Waals surface area (Å²) in [6.45, 7) is 4.00. The molecule has 0 bridgehead atoms. The molecule has 4 heteroatoms. The van der Waals surface area contributed by atoms with E-state index >= 15 is 0 Å². The maximum atomic E-state index is 11.7. The second kappa shape index (κ2) is 7.71. The van der Waals surface area contributed by atoms with Crippen molar-refractivity contribution in [2.24, 2.45) is 0 Å². The molecule has 0 saturated carbocycles. The van der Waals surface area contributed by atoms with Crippen molar-refractivity contribution >= 4 is 5.91 Å². The second-order valence-corrected chi connectivity index (χ2v) is 4.24. The van der Waals surface area contributed by atoms with Crippen molar-refractivity contribution < 1.29 is 14.6 Å². The third kappa shape index (κ3) is 4.75. The van der Waals surface area contributed by atoms with Crippen molar-refractivity contribution in [1.82, 2.24) is 5.32 Å². The minimum absolute atomic E-state index is 0.00673. The van der Waals surface area contributed by atoms with E-state index in [0.717, 1.165) is 17.7 Å². The molecule has 0 radical (unpaired) electrons. The number of rotatable bonds is 7. The molecule has 1 amide bonds. The molecule has 0 heterocycles. The van der Waals surface area contributed by atoms with Gasteiger partial charge in [-0.1, -0.05) is 25.1 Å². The Balaban J connectivity index is 2.39. The largest absolute Gasteiger partial charge is 0.484 e. The Morgan fingerprint density at radius 2 is 2.17 bits per heavy atom. The Bertz CT molecular complexity index is 379. The Hall–Kier alpha value is -1.55. The zero-order chi connectivity index (χ0) is 13.4. The summed E-state index contributed by atoms with van der Waals surface area (Å²) < 4.78 is 5.45. The van der Waals surface area contributed by atoms with E-state index in [4.69, 9.17) is 9.84 Å². The highest BCUT2D eigenvalue weighted by molar-refractivity contribution is 5.77. The van der Waals surface area contributed by atoms with Crippen LogP contribution in [0.2, 0.25) is 0 Å². The van der Waals surface area contributed by atoms with Crippen LogP contribution in [0.5, 0.6) is 5.75 Å². The number of carbonyl (C=O) groups excluding carboxylic acids is 1. The normalized spacial score (nSPS) is 11.9. The number of hydrogen-bond acceptors (Lipinski definition) is 3. The Kier molecular flexibility index (Phi) is 6.22. The van der Waals surface area contributed by atoms with E-state index in [1.54, 1.807) is 0 Å². The standard InChI is InChI=1S/C14H21NO3/c1-3-12(8-9-16)15-14(17)10-18-13-7-5-4-6-11(13)2/h4-7,12,16H,3,8-10H2,1-2H3,(H,15,17). The number of benzene rings is 1. The molecule has 18 heavy (non-hydrogen) atoms. The Morgan fingerprint density at radius 3 is 2.78 bits per heavy atom. The van der Waals surface area contributed by atoms with E-state index in [-0.39, 0.29) is 25.2 Å². The van der Waals surface area contributed by atoms with Crippen LogP contribution >= 0.6 is 0 Å². The number of ether oxygens (including phenoxy) is 1. The summed E-state index contributed by atoms with van der Waals surface area (Å²) in [4.78, 5) is 11.7. The first kappa shape index (κ1) is 14.5. The quantitative estimate of drug-likeness (QED) is 0.774. The van der Waals surface area contributed by atoms with Gasteiger partial charge in [-0.05, 0) is 31.4 Å². The predicted octanol–water partition coefficient (Wildman–Crippen LogP) is 1.65. The van der Waals surface area contributed by atoms with E-state index < -0.39 is 0 Å². The van der Waals surface area contributed by atoms with Gasteiger partial charge in [0.25, 0.3) is 5.91 Å². The highest BCUT2D eigenvalue weighted by atomic mass is 16.5. The molecule has 0 aliphatic heterocycles. The maximum absolute atomic E-state index is 11.7. The fourth-order valence-electron chi connectivity index (χ4n) is 1.67. The molecule has 1 atom stereocenters. The highest BCUT2D eigenvalue weighted by Gasteiger charge is 2.10. The predicted molar refractivity (Wildman–Crippen MR) is 70.6 cm³/mol. The van der Waals surface area contributed by atoms with Gasteiger partial charge in [0.15, 0.2) is 6.61 Å². The number of hydrogen-bond donors (Lipinski definition) is 2. The van der Waals surface area contributed by atoms with Crippen LogP contribution in [0.25, 0.3) is 0 Å². The van der Waals surface area contributed by atoms with E-state index in [9.17, 15) is 4.79 Å². The van der Waals surface area contributed by atoms with Gasteiger partial charge in [0.05, 0.1) is 0 Å². The molecule has 0 aliphatic rings. The van der Waals surface area contributed by atoms with Crippen molar-refractivity contribution in [3.05, 3.63) is 29.8 Å². The van der Waals surface area contributed by atoms with E-state index in [0.29, 0.717) is 6.42 Å². The number of para-hydroxylation sites is 1. The molecule has 1 aromatic rings. The minimum atomic E-state index is -0.154. The van der Waals surface area contributed by atoms with Gasteiger partial charge < -0.3 is 15.2 Å². The van der Waals surface area contributed by atoms with Gasteiger partial charge in [-0.15, -0.1) is 0 Å². The van der Waals surface area contributed by atoms with Crippen LogP contribution in [-0.4, -0.2) is 30.3 Å². The van der Waals surface area contributed by atoms with Crippen LogP contribution in [-0.2, 0) is 4.79 Å². The van der Waals surface area contributed by atoms with Gasteiger partial charge in [0.1, 0.15) is 5.75 Å².